The molecule has 0 bridgehead atoms. The summed E-state index contributed by atoms with van der Waals surface area (Å²) in [5.74, 6) is 0.00369. The lowest BCUT2D eigenvalue weighted by atomic mass is 10.3. The van der Waals surface area contributed by atoms with Crippen molar-refractivity contribution in [3.05, 3.63) is 12.5 Å². The van der Waals surface area contributed by atoms with Crippen molar-refractivity contribution in [2.24, 2.45) is 7.05 Å². The number of carboxylic acids is 1. The third-order valence-electron chi connectivity index (χ3n) is 3.33. The van der Waals surface area contributed by atoms with E-state index in [1.165, 1.54) is 6.33 Å². The first kappa shape index (κ1) is 11.9. The molecule has 1 saturated carbocycles. The highest BCUT2D eigenvalue weighted by Crippen LogP contribution is 2.33. The number of carbonyl (C=O) groups is 1. The Balaban J connectivity index is 1.97. The van der Waals surface area contributed by atoms with Crippen LogP contribution < -0.4 is 4.90 Å². The van der Waals surface area contributed by atoms with Crippen molar-refractivity contribution in [2.75, 3.05) is 11.4 Å². The summed E-state index contributed by atoms with van der Waals surface area (Å²) in [5, 5.41) is 13.9. The lowest BCUT2D eigenvalue weighted by Gasteiger charge is -2.22. The second kappa shape index (κ2) is 4.49. The molecular formula is C12H15N5O2. The van der Waals surface area contributed by atoms with Crippen LogP contribution in [-0.4, -0.2) is 43.4 Å². The highest BCUT2D eigenvalue weighted by molar-refractivity contribution is 5.87. The molecule has 2 aromatic heterocycles. The first-order valence-electron chi connectivity index (χ1n) is 6.28. The van der Waals surface area contributed by atoms with Crippen LogP contribution in [0.4, 0.5) is 5.82 Å². The SMILES string of the molecule is Cn1ncc2c(N(CCC(=O)O)C3CC3)ncnc21. The summed E-state index contributed by atoms with van der Waals surface area (Å²) in [6.45, 7) is 0.473. The van der Waals surface area contributed by atoms with E-state index >= 15 is 0 Å². The van der Waals surface area contributed by atoms with Gasteiger partial charge in [0.05, 0.1) is 18.0 Å². The van der Waals surface area contributed by atoms with E-state index < -0.39 is 5.97 Å². The van der Waals surface area contributed by atoms with E-state index in [-0.39, 0.29) is 6.42 Å². The van der Waals surface area contributed by atoms with Gasteiger partial charge in [-0.3, -0.25) is 9.48 Å². The molecule has 0 amide bonds. The van der Waals surface area contributed by atoms with Crippen molar-refractivity contribution in [1.29, 1.82) is 0 Å². The predicted octanol–water partition coefficient (Wildman–Crippen LogP) is 0.807. The Kier molecular flexibility index (Phi) is 2.81. The van der Waals surface area contributed by atoms with Gasteiger partial charge in [-0.2, -0.15) is 5.10 Å². The zero-order valence-electron chi connectivity index (χ0n) is 10.7. The number of carboxylic acid groups (broad SMARTS) is 1. The van der Waals surface area contributed by atoms with E-state index in [0.29, 0.717) is 12.6 Å². The molecule has 1 aliphatic carbocycles. The second-order valence-corrected chi connectivity index (χ2v) is 4.77. The Bertz CT molecular complexity index is 620. The van der Waals surface area contributed by atoms with Gasteiger partial charge in [-0.05, 0) is 12.8 Å². The second-order valence-electron chi connectivity index (χ2n) is 4.77. The summed E-state index contributed by atoms with van der Waals surface area (Å²) in [4.78, 5) is 21.4. The number of hydrogen-bond donors (Lipinski definition) is 1. The molecule has 0 saturated heterocycles. The molecule has 1 aliphatic rings. The van der Waals surface area contributed by atoms with Gasteiger partial charge in [0.25, 0.3) is 0 Å². The average molecular weight is 261 g/mol. The number of aliphatic carboxylic acids is 1. The highest BCUT2D eigenvalue weighted by atomic mass is 16.4. The van der Waals surface area contributed by atoms with Crippen molar-refractivity contribution in [2.45, 2.75) is 25.3 Å². The van der Waals surface area contributed by atoms with Crippen LogP contribution in [0.5, 0.6) is 0 Å². The van der Waals surface area contributed by atoms with Gasteiger partial charge >= 0.3 is 5.97 Å². The molecule has 0 aromatic carbocycles. The molecule has 100 valence electrons. The Morgan fingerprint density at radius 2 is 2.32 bits per heavy atom. The van der Waals surface area contributed by atoms with E-state index in [9.17, 15) is 4.79 Å². The summed E-state index contributed by atoms with van der Waals surface area (Å²) in [6.07, 6.45) is 5.54. The molecule has 19 heavy (non-hydrogen) atoms. The van der Waals surface area contributed by atoms with Crippen molar-refractivity contribution < 1.29 is 9.90 Å². The maximum atomic E-state index is 10.8. The van der Waals surface area contributed by atoms with Crippen LogP contribution in [0.1, 0.15) is 19.3 Å². The summed E-state index contributed by atoms with van der Waals surface area (Å²) in [5.41, 5.74) is 0.769. The van der Waals surface area contributed by atoms with E-state index in [1.807, 2.05) is 7.05 Å². The first-order valence-corrected chi connectivity index (χ1v) is 6.28. The van der Waals surface area contributed by atoms with Gasteiger partial charge in [-0.1, -0.05) is 0 Å². The van der Waals surface area contributed by atoms with Crippen LogP contribution in [0.25, 0.3) is 11.0 Å². The van der Waals surface area contributed by atoms with Crippen LogP contribution in [0.15, 0.2) is 12.5 Å². The Labute approximate surface area is 109 Å². The topological polar surface area (TPSA) is 84.1 Å². The molecule has 7 heteroatoms. The number of aromatic nitrogens is 4. The molecule has 0 atom stereocenters. The van der Waals surface area contributed by atoms with E-state index in [4.69, 9.17) is 5.11 Å². The first-order chi connectivity index (χ1) is 9.16. The summed E-state index contributed by atoms with van der Waals surface area (Å²) >= 11 is 0. The Morgan fingerprint density at radius 1 is 1.53 bits per heavy atom. The van der Waals surface area contributed by atoms with Crippen LogP contribution in [0.2, 0.25) is 0 Å². The number of anilines is 1. The zero-order valence-corrected chi connectivity index (χ0v) is 10.7. The molecule has 0 radical (unpaired) electrons. The van der Waals surface area contributed by atoms with Gasteiger partial charge in [0.1, 0.15) is 12.1 Å². The number of aryl methyl sites for hydroxylation is 1. The molecule has 0 unspecified atom stereocenters. The van der Waals surface area contributed by atoms with Crippen molar-refractivity contribution >= 4 is 22.8 Å². The Hall–Kier alpha value is -2.18. The van der Waals surface area contributed by atoms with Gasteiger partial charge in [0, 0.05) is 19.6 Å². The minimum atomic E-state index is -0.790. The fourth-order valence-corrected chi connectivity index (χ4v) is 2.24. The highest BCUT2D eigenvalue weighted by Gasteiger charge is 2.31. The molecule has 0 aliphatic heterocycles. The molecule has 1 fully saturated rings. The monoisotopic (exact) mass is 261 g/mol. The van der Waals surface area contributed by atoms with Gasteiger partial charge in [-0.25, -0.2) is 9.97 Å². The van der Waals surface area contributed by atoms with Gasteiger partial charge < -0.3 is 10.0 Å². The lowest BCUT2D eigenvalue weighted by Crippen LogP contribution is -2.29. The smallest absolute Gasteiger partial charge is 0.305 e. The van der Waals surface area contributed by atoms with Gasteiger partial charge in [-0.15, -0.1) is 0 Å². The fourth-order valence-electron chi connectivity index (χ4n) is 2.24. The normalized spacial score (nSPS) is 14.8. The Morgan fingerprint density at radius 3 is 3.00 bits per heavy atom. The molecular weight excluding hydrogens is 246 g/mol. The lowest BCUT2D eigenvalue weighted by molar-refractivity contribution is -0.136. The largest absolute Gasteiger partial charge is 0.481 e. The van der Waals surface area contributed by atoms with Crippen LogP contribution in [0.3, 0.4) is 0 Å². The molecule has 1 N–H and O–H groups in total. The predicted molar refractivity (Wildman–Crippen MR) is 68.9 cm³/mol. The molecule has 7 nitrogen and oxygen atoms in total. The van der Waals surface area contributed by atoms with E-state index in [1.54, 1.807) is 10.9 Å². The average Bonchev–Trinajstić information content (AvgIpc) is 3.15. The molecule has 2 aromatic rings. The van der Waals surface area contributed by atoms with Crippen LogP contribution >= 0.6 is 0 Å². The number of rotatable bonds is 5. The van der Waals surface area contributed by atoms with Gasteiger partial charge in [0.2, 0.25) is 0 Å². The summed E-state index contributed by atoms with van der Waals surface area (Å²) < 4.78 is 1.70. The fraction of sp³-hybridized carbons (Fsp3) is 0.500. The molecule has 3 rings (SSSR count). The van der Waals surface area contributed by atoms with Crippen LogP contribution in [0, 0.1) is 0 Å². The molecule has 0 spiro atoms. The number of fused-ring (bicyclic) bond motifs is 1. The minimum Gasteiger partial charge on any atom is -0.481 e. The third kappa shape index (κ3) is 2.23. The quantitative estimate of drug-likeness (QED) is 0.857. The summed E-state index contributed by atoms with van der Waals surface area (Å²) in [7, 11) is 1.83. The van der Waals surface area contributed by atoms with Crippen molar-refractivity contribution in [3.8, 4) is 0 Å². The maximum Gasteiger partial charge on any atom is 0.305 e. The molecule has 2 heterocycles. The van der Waals surface area contributed by atoms with Crippen molar-refractivity contribution in [3.63, 3.8) is 0 Å². The van der Waals surface area contributed by atoms with E-state index in [2.05, 4.69) is 20.0 Å². The zero-order chi connectivity index (χ0) is 13.4. The summed E-state index contributed by atoms with van der Waals surface area (Å²) in [6, 6.07) is 0.401. The van der Waals surface area contributed by atoms with E-state index in [0.717, 1.165) is 29.7 Å². The number of nitrogens with zero attached hydrogens (tertiary/aromatic N) is 5. The minimum absolute atomic E-state index is 0.113. The van der Waals surface area contributed by atoms with Crippen molar-refractivity contribution in [1.82, 2.24) is 19.7 Å². The third-order valence-corrected chi connectivity index (χ3v) is 3.33. The maximum absolute atomic E-state index is 10.8. The van der Waals surface area contributed by atoms with Gasteiger partial charge in [0.15, 0.2) is 5.65 Å². The standard InChI is InChI=1S/C12H15N5O2/c1-16-11-9(6-15-16)12(14-7-13-11)17(8-2-3-8)5-4-10(18)19/h6-8H,2-5H2,1H3,(H,18,19). The number of hydrogen-bond acceptors (Lipinski definition) is 5. The van der Waals surface area contributed by atoms with Crippen LogP contribution in [-0.2, 0) is 11.8 Å².